The summed E-state index contributed by atoms with van der Waals surface area (Å²) in [6.07, 6.45) is 3.75. The Morgan fingerprint density at radius 2 is 2.21 bits per heavy atom. The van der Waals surface area contributed by atoms with E-state index in [9.17, 15) is 9.59 Å². The monoisotopic (exact) mass is 431 g/mol. The number of ether oxygens (including phenoxy) is 1. The molecule has 2 aliphatic heterocycles. The summed E-state index contributed by atoms with van der Waals surface area (Å²) in [6.45, 7) is 1.89. The minimum atomic E-state index is -0.0516. The highest BCUT2D eigenvalue weighted by molar-refractivity contribution is 8.00. The second kappa shape index (κ2) is 9.82. The number of aryl methyl sites for hydroxylation is 2. The lowest BCUT2D eigenvalue weighted by atomic mass is 10.1. The third kappa shape index (κ3) is 5.24. The number of thioether (sulfide) groups is 2. The number of amides is 1. The maximum atomic E-state index is 13.0. The van der Waals surface area contributed by atoms with Crippen LogP contribution in [0, 0.1) is 0 Å². The van der Waals surface area contributed by atoms with Gasteiger partial charge in [0.1, 0.15) is 0 Å². The van der Waals surface area contributed by atoms with Gasteiger partial charge in [-0.3, -0.25) is 14.2 Å². The molecule has 1 fully saturated rings. The fraction of sp³-hybridized carbons (Fsp3) is 0.476. The molecule has 3 heterocycles. The van der Waals surface area contributed by atoms with Gasteiger partial charge in [0, 0.05) is 31.9 Å². The van der Waals surface area contributed by atoms with E-state index in [0.717, 1.165) is 48.6 Å². The molecule has 0 saturated carbocycles. The standard InChI is InChI=1S/C21H25N3O3S2/c25-18(22-13-16-7-4-11-27-16)14-29-21-23-17-9-12-28-19(17)20(26)24(21)10-8-15-5-2-1-3-6-15/h1-3,5-6,16H,4,7-14H2,(H,22,25)/t16-/m1/s1. The number of hydrogen-bond acceptors (Lipinski definition) is 6. The average molecular weight is 432 g/mol. The highest BCUT2D eigenvalue weighted by Crippen LogP contribution is 2.28. The molecular formula is C21H25N3O3S2. The van der Waals surface area contributed by atoms with Crippen LogP contribution in [0.15, 0.2) is 45.2 Å². The van der Waals surface area contributed by atoms with Crippen molar-refractivity contribution >= 4 is 29.4 Å². The first-order valence-corrected chi connectivity index (χ1v) is 12.0. The van der Waals surface area contributed by atoms with Gasteiger partial charge in [0.15, 0.2) is 5.16 Å². The Morgan fingerprint density at radius 1 is 1.34 bits per heavy atom. The lowest BCUT2D eigenvalue weighted by molar-refractivity contribution is -0.119. The van der Waals surface area contributed by atoms with Crippen molar-refractivity contribution in [2.45, 2.75) is 48.4 Å². The Hall–Kier alpha value is -1.77. The molecule has 1 aromatic carbocycles. The topological polar surface area (TPSA) is 73.2 Å². The van der Waals surface area contributed by atoms with Crippen LogP contribution in [0.2, 0.25) is 0 Å². The lowest BCUT2D eigenvalue weighted by Gasteiger charge is -2.14. The van der Waals surface area contributed by atoms with Crippen LogP contribution >= 0.6 is 23.5 Å². The molecule has 8 heteroatoms. The molecule has 0 bridgehead atoms. The largest absolute Gasteiger partial charge is 0.376 e. The normalized spacial score (nSPS) is 18.0. The van der Waals surface area contributed by atoms with Crippen LogP contribution in [0.3, 0.4) is 0 Å². The molecule has 2 aliphatic rings. The van der Waals surface area contributed by atoms with Crippen molar-refractivity contribution in [2.75, 3.05) is 24.7 Å². The van der Waals surface area contributed by atoms with Crippen LogP contribution in [0.25, 0.3) is 0 Å². The molecule has 29 heavy (non-hydrogen) atoms. The number of carbonyl (C=O) groups is 1. The predicted molar refractivity (Wildman–Crippen MR) is 116 cm³/mol. The van der Waals surface area contributed by atoms with Crippen LogP contribution in [0.4, 0.5) is 0 Å². The van der Waals surface area contributed by atoms with E-state index in [2.05, 4.69) is 17.4 Å². The number of nitrogens with one attached hydrogen (secondary N) is 1. The van der Waals surface area contributed by atoms with Gasteiger partial charge in [-0.2, -0.15) is 0 Å². The first-order chi connectivity index (χ1) is 14.2. The van der Waals surface area contributed by atoms with Gasteiger partial charge in [-0.1, -0.05) is 42.1 Å². The van der Waals surface area contributed by atoms with Gasteiger partial charge in [0.05, 0.1) is 22.4 Å². The Morgan fingerprint density at radius 3 is 3.00 bits per heavy atom. The summed E-state index contributed by atoms with van der Waals surface area (Å²) in [5.74, 6) is 1.09. The maximum Gasteiger partial charge on any atom is 0.268 e. The molecule has 2 aromatic rings. The van der Waals surface area contributed by atoms with E-state index in [4.69, 9.17) is 9.72 Å². The summed E-state index contributed by atoms with van der Waals surface area (Å²) in [5, 5.41) is 3.57. The fourth-order valence-electron chi connectivity index (χ4n) is 3.53. The predicted octanol–water partition coefficient (Wildman–Crippen LogP) is 2.52. The van der Waals surface area contributed by atoms with Crippen molar-refractivity contribution in [3.8, 4) is 0 Å². The number of hydrogen-bond donors (Lipinski definition) is 1. The van der Waals surface area contributed by atoms with Gasteiger partial charge in [0.2, 0.25) is 5.91 Å². The van der Waals surface area contributed by atoms with E-state index in [-0.39, 0.29) is 23.3 Å². The minimum absolute atomic E-state index is 0.0238. The molecule has 1 saturated heterocycles. The molecule has 154 valence electrons. The number of nitrogens with zero attached hydrogens (tertiary/aromatic N) is 2. The van der Waals surface area contributed by atoms with Crippen LogP contribution in [-0.4, -0.2) is 46.2 Å². The number of aromatic nitrogens is 2. The summed E-state index contributed by atoms with van der Waals surface area (Å²) >= 11 is 2.93. The van der Waals surface area contributed by atoms with Crippen LogP contribution < -0.4 is 10.9 Å². The van der Waals surface area contributed by atoms with Crippen molar-refractivity contribution in [2.24, 2.45) is 0 Å². The summed E-state index contributed by atoms with van der Waals surface area (Å²) < 4.78 is 7.28. The Labute approximate surface area is 178 Å². The third-order valence-corrected chi connectivity index (χ3v) is 7.18. The molecular weight excluding hydrogens is 406 g/mol. The van der Waals surface area contributed by atoms with Gasteiger partial charge < -0.3 is 10.1 Å². The molecule has 0 aliphatic carbocycles. The van der Waals surface area contributed by atoms with Crippen molar-refractivity contribution in [3.05, 3.63) is 51.9 Å². The summed E-state index contributed by atoms with van der Waals surface area (Å²) in [7, 11) is 0. The van der Waals surface area contributed by atoms with E-state index in [1.165, 1.54) is 17.3 Å². The second-order valence-electron chi connectivity index (χ2n) is 7.19. The minimum Gasteiger partial charge on any atom is -0.376 e. The first-order valence-electron chi connectivity index (χ1n) is 10.0. The van der Waals surface area contributed by atoms with E-state index in [1.807, 2.05) is 18.2 Å². The van der Waals surface area contributed by atoms with Crippen LogP contribution in [0.5, 0.6) is 0 Å². The highest BCUT2D eigenvalue weighted by Gasteiger charge is 2.22. The van der Waals surface area contributed by atoms with Crippen molar-refractivity contribution in [1.82, 2.24) is 14.9 Å². The van der Waals surface area contributed by atoms with E-state index < -0.39 is 0 Å². The average Bonchev–Trinajstić information content (AvgIpc) is 3.43. The SMILES string of the molecule is O=C(CSc1nc2c(c(=O)n1CCc1ccccc1)SCC2)NC[C@H]1CCCO1. The van der Waals surface area contributed by atoms with E-state index in [0.29, 0.717) is 18.2 Å². The smallest absolute Gasteiger partial charge is 0.268 e. The Kier molecular flexibility index (Phi) is 6.94. The van der Waals surface area contributed by atoms with E-state index in [1.54, 1.807) is 16.3 Å². The summed E-state index contributed by atoms with van der Waals surface area (Å²) in [6, 6.07) is 10.1. The fourth-order valence-corrected chi connectivity index (χ4v) is 5.45. The molecule has 1 N–H and O–H groups in total. The number of fused-ring (bicyclic) bond motifs is 1. The van der Waals surface area contributed by atoms with Crippen molar-refractivity contribution in [3.63, 3.8) is 0 Å². The lowest BCUT2D eigenvalue weighted by Crippen LogP contribution is -2.33. The molecule has 6 nitrogen and oxygen atoms in total. The molecule has 4 rings (SSSR count). The quantitative estimate of drug-likeness (QED) is 0.512. The number of benzene rings is 1. The van der Waals surface area contributed by atoms with Gasteiger partial charge in [-0.15, -0.1) is 11.8 Å². The number of rotatable bonds is 8. The zero-order chi connectivity index (χ0) is 20.1. The Balaban J connectivity index is 1.43. The van der Waals surface area contributed by atoms with E-state index >= 15 is 0 Å². The van der Waals surface area contributed by atoms with Crippen LogP contribution in [-0.2, 0) is 28.9 Å². The molecule has 1 aromatic heterocycles. The summed E-state index contributed by atoms with van der Waals surface area (Å²) in [5.41, 5.74) is 2.08. The Bertz CT molecular complexity index is 911. The van der Waals surface area contributed by atoms with Gasteiger partial charge in [-0.25, -0.2) is 4.98 Å². The molecule has 1 atom stereocenters. The second-order valence-corrected chi connectivity index (χ2v) is 9.24. The summed E-state index contributed by atoms with van der Waals surface area (Å²) in [4.78, 5) is 30.8. The first kappa shape index (κ1) is 20.5. The molecule has 0 spiro atoms. The molecule has 1 amide bonds. The van der Waals surface area contributed by atoms with Gasteiger partial charge in [0.25, 0.3) is 5.56 Å². The molecule has 0 unspecified atom stereocenters. The van der Waals surface area contributed by atoms with Crippen molar-refractivity contribution < 1.29 is 9.53 Å². The number of carbonyl (C=O) groups excluding carboxylic acids is 1. The molecule has 0 radical (unpaired) electrons. The highest BCUT2D eigenvalue weighted by atomic mass is 32.2. The third-order valence-electron chi connectivity index (χ3n) is 5.10. The zero-order valence-corrected chi connectivity index (χ0v) is 17.9. The van der Waals surface area contributed by atoms with Crippen molar-refractivity contribution in [1.29, 1.82) is 0 Å². The maximum absolute atomic E-state index is 13.0. The van der Waals surface area contributed by atoms with Gasteiger partial charge >= 0.3 is 0 Å². The van der Waals surface area contributed by atoms with Crippen LogP contribution in [0.1, 0.15) is 24.1 Å². The zero-order valence-electron chi connectivity index (χ0n) is 16.3. The van der Waals surface area contributed by atoms with Gasteiger partial charge in [-0.05, 0) is 24.8 Å².